The number of nitrogens with one attached hydrogen (secondary N) is 1. The molecule has 0 spiro atoms. The zero-order valence-corrected chi connectivity index (χ0v) is 13.8. The highest BCUT2D eigenvalue weighted by atomic mass is 32.2. The molecule has 1 aromatic rings. The number of rotatable bonds is 5. The Balaban J connectivity index is 1.90. The van der Waals surface area contributed by atoms with Crippen LogP contribution in [0.3, 0.4) is 0 Å². The summed E-state index contributed by atoms with van der Waals surface area (Å²) in [6, 6.07) is 2.23. The molecule has 4 heteroatoms. The number of aliphatic imine (C=N–C) groups is 1. The van der Waals surface area contributed by atoms with E-state index in [-0.39, 0.29) is 0 Å². The Kier molecular flexibility index (Phi) is 5.34. The Bertz CT molecular complexity index is 433. The van der Waals surface area contributed by atoms with E-state index in [0.29, 0.717) is 5.41 Å². The molecule has 0 radical (unpaired) electrons. The molecule has 0 fully saturated rings. The fraction of sp³-hybridized carbons (Fsp3) is 0.667. The van der Waals surface area contributed by atoms with Gasteiger partial charge in [-0.25, -0.2) is 0 Å². The van der Waals surface area contributed by atoms with Gasteiger partial charge < -0.3 is 5.32 Å². The van der Waals surface area contributed by atoms with Gasteiger partial charge in [-0.1, -0.05) is 32.5 Å². The Morgan fingerprint density at radius 3 is 2.68 bits per heavy atom. The fourth-order valence-corrected chi connectivity index (χ4v) is 4.52. The van der Waals surface area contributed by atoms with E-state index in [1.54, 1.807) is 0 Å². The predicted octanol–water partition coefficient (Wildman–Crippen LogP) is 4.31. The second kappa shape index (κ2) is 6.80. The van der Waals surface area contributed by atoms with E-state index in [1.165, 1.54) is 29.0 Å². The summed E-state index contributed by atoms with van der Waals surface area (Å²) in [4.78, 5) is 6.21. The Labute approximate surface area is 125 Å². The summed E-state index contributed by atoms with van der Waals surface area (Å²) >= 11 is 3.74. The van der Waals surface area contributed by atoms with Crippen LogP contribution in [0.1, 0.15) is 44.1 Å². The summed E-state index contributed by atoms with van der Waals surface area (Å²) in [7, 11) is 0. The van der Waals surface area contributed by atoms with Crippen LogP contribution in [-0.4, -0.2) is 17.5 Å². The van der Waals surface area contributed by atoms with Crippen molar-refractivity contribution in [3.05, 3.63) is 21.9 Å². The minimum absolute atomic E-state index is 0.438. The van der Waals surface area contributed by atoms with Gasteiger partial charge in [0, 0.05) is 17.2 Å². The minimum Gasteiger partial charge on any atom is -0.360 e. The third-order valence-electron chi connectivity index (χ3n) is 4.19. The van der Waals surface area contributed by atoms with Crippen LogP contribution in [0.15, 0.2) is 16.4 Å². The van der Waals surface area contributed by atoms with Crippen molar-refractivity contribution >= 4 is 28.3 Å². The van der Waals surface area contributed by atoms with Gasteiger partial charge in [0.15, 0.2) is 5.17 Å². The molecule has 1 aromatic heterocycles. The van der Waals surface area contributed by atoms with Crippen LogP contribution in [0.25, 0.3) is 0 Å². The van der Waals surface area contributed by atoms with Gasteiger partial charge in [0.1, 0.15) is 0 Å². The van der Waals surface area contributed by atoms with Gasteiger partial charge in [0.25, 0.3) is 0 Å². The standard InChI is InChI=1S/C15H24N2S2/c1-4-12-7-8-18-13(12)9-16-14-17-10-15(5-2,6-3)11-19-14/h7-8H,4-6,9-11H2,1-3H3,(H,16,17). The molecule has 2 nitrogen and oxygen atoms in total. The molecular formula is C15H24N2S2. The number of thiophene rings is 1. The lowest BCUT2D eigenvalue weighted by Gasteiger charge is -2.33. The first kappa shape index (κ1) is 14.9. The monoisotopic (exact) mass is 296 g/mol. The van der Waals surface area contributed by atoms with Crippen molar-refractivity contribution < 1.29 is 0 Å². The fourth-order valence-electron chi connectivity index (χ4n) is 2.33. The van der Waals surface area contributed by atoms with E-state index in [0.717, 1.165) is 24.7 Å². The molecule has 106 valence electrons. The molecule has 19 heavy (non-hydrogen) atoms. The molecule has 0 aromatic carbocycles. The summed E-state index contributed by atoms with van der Waals surface area (Å²) in [6.07, 6.45) is 3.59. The van der Waals surface area contributed by atoms with Crippen molar-refractivity contribution in [2.45, 2.75) is 46.6 Å². The molecule has 0 saturated heterocycles. The third-order valence-corrected chi connectivity index (χ3v) is 6.46. The number of thioether (sulfide) groups is 1. The van der Waals surface area contributed by atoms with Crippen molar-refractivity contribution in [1.82, 2.24) is 5.32 Å². The van der Waals surface area contributed by atoms with Crippen molar-refractivity contribution in [3.8, 4) is 0 Å². The molecule has 2 rings (SSSR count). The topological polar surface area (TPSA) is 24.4 Å². The van der Waals surface area contributed by atoms with E-state index >= 15 is 0 Å². The van der Waals surface area contributed by atoms with Crippen LogP contribution in [0, 0.1) is 5.41 Å². The molecule has 1 aliphatic heterocycles. The first-order chi connectivity index (χ1) is 9.23. The van der Waals surface area contributed by atoms with E-state index in [1.807, 2.05) is 23.1 Å². The van der Waals surface area contributed by atoms with Gasteiger partial charge in [-0.3, -0.25) is 4.99 Å². The quantitative estimate of drug-likeness (QED) is 0.875. The van der Waals surface area contributed by atoms with Gasteiger partial charge in [-0.15, -0.1) is 11.3 Å². The van der Waals surface area contributed by atoms with Gasteiger partial charge in [0.2, 0.25) is 0 Å². The normalized spacial score (nSPS) is 18.2. The highest BCUT2D eigenvalue weighted by Gasteiger charge is 2.29. The summed E-state index contributed by atoms with van der Waals surface area (Å²) < 4.78 is 0. The van der Waals surface area contributed by atoms with Crippen molar-refractivity contribution in [2.75, 3.05) is 12.3 Å². The Morgan fingerprint density at radius 1 is 1.32 bits per heavy atom. The van der Waals surface area contributed by atoms with Crippen LogP contribution >= 0.6 is 23.1 Å². The first-order valence-electron chi connectivity index (χ1n) is 7.19. The smallest absolute Gasteiger partial charge is 0.156 e. The molecule has 0 atom stereocenters. The van der Waals surface area contributed by atoms with Crippen molar-refractivity contribution in [3.63, 3.8) is 0 Å². The van der Waals surface area contributed by atoms with E-state index in [2.05, 4.69) is 37.5 Å². The average Bonchev–Trinajstić information content (AvgIpc) is 2.93. The lowest BCUT2D eigenvalue weighted by molar-refractivity contribution is 0.318. The average molecular weight is 297 g/mol. The molecule has 1 N–H and O–H groups in total. The number of amidine groups is 1. The number of aryl methyl sites for hydroxylation is 1. The highest BCUT2D eigenvalue weighted by molar-refractivity contribution is 8.13. The van der Waals surface area contributed by atoms with E-state index in [9.17, 15) is 0 Å². The van der Waals surface area contributed by atoms with Crippen LogP contribution in [0.4, 0.5) is 0 Å². The molecule has 0 aliphatic carbocycles. The minimum atomic E-state index is 0.438. The number of nitrogens with zero attached hydrogens (tertiary/aromatic N) is 1. The van der Waals surface area contributed by atoms with Crippen LogP contribution in [0.5, 0.6) is 0 Å². The molecule has 1 aliphatic rings. The largest absolute Gasteiger partial charge is 0.360 e. The Hall–Kier alpha value is -0.480. The second-order valence-corrected chi connectivity index (χ2v) is 7.16. The van der Waals surface area contributed by atoms with Crippen LogP contribution < -0.4 is 5.32 Å². The third kappa shape index (κ3) is 3.54. The SMILES string of the molecule is CCc1ccsc1CNC1=NCC(CC)(CC)CS1. The van der Waals surface area contributed by atoms with Gasteiger partial charge in [0.05, 0.1) is 6.54 Å². The predicted molar refractivity (Wildman–Crippen MR) is 88.3 cm³/mol. The van der Waals surface area contributed by atoms with Gasteiger partial charge >= 0.3 is 0 Å². The van der Waals surface area contributed by atoms with Gasteiger partial charge in [-0.05, 0) is 41.7 Å². The maximum absolute atomic E-state index is 4.75. The molecule has 0 amide bonds. The second-order valence-electron chi connectivity index (χ2n) is 5.19. The van der Waals surface area contributed by atoms with E-state index in [4.69, 9.17) is 4.99 Å². The van der Waals surface area contributed by atoms with Crippen molar-refractivity contribution in [1.29, 1.82) is 0 Å². The summed E-state index contributed by atoms with van der Waals surface area (Å²) in [5.41, 5.74) is 1.91. The number of hydrogen-bond donors (Lipinski definition) is 1. The van der Waals surface area contributed by atoms with Crippen LogP contribution in [-0.2, 0) is 13.0 Å². The molecule has 2 heterocycles. The maximum Gasteiger partial charge on any atom is 0.156 e. The highest BCUT2D eigenvalue weighted by Crippen LogP contribution is 2.34. The molecule has 0 saturated carbocycles. The zero-order chi connectivity index (χ0) is 13.7. The van der Waals surface area contributed by atoms with Crippen LogP contribution in [0.2, 0.25) is 0 Å². The van der Waals surface area contributed by atoms with Crippen molar-refractivity contribution in [2.24, 2.45) is 10.4 Å². The molecular weight excluding hydrogens is 272 g/mol. The number of hydrogen-bond acceptors (Lipinski definition) is 4. The lowest BCUT2D eigenvalue weighted by Crippen LogP contribution is -2.34. The summed E-state index contributed by atoms with van der Waals surface area (Å²) in [6.45, 7) is 8.71. The van der Waals surface area contributed by atoms with Gasteiger partial charge in [-0.2, -0.15) is 0 Å². The maximum atomic E-state index is 4.75. The molecule has 0 bridgehead atoms. The summed E-state index contributed by atoms with van der Waals surface area (Å²) in [5.74, 6) is 1.21. The Morgan fingerprint density at radius 2 is 2.11 bits per heavy atom. The molecule has 0 unspecified atom stereocenters. The van der Waals surface area contributed by atoms with E-state index < -0.39 is 0 Å². The summed E-state index contributed by atoms with van der Waals surface area (Å²) in [5, 5.41) is 6.83. The zero-order valence-electron chi connectivity index (χ0n) is 12.2. The lowest BCUT2D eigenvalue weighted by atomic mass is 9.84. The first-order valence-corrected chi connectivity index (χ1v) is 9.06.